The molecule has 1 aliphatic heterocycles. The number of rotatable bonds is 7. The van der Waals surface area contributed by atoms with E-state index in [-0.39, 0.29) is 5.82 Å². The molecule has 1 aliphatic rings. The van der Waals surface area contributed by atoms with E-state index in [1.54, 1.807) is 30.3 Å². The van der Waals surface area contributed by atoms with Crippen molar-refractivity contribution >= 4 is 15.7 Å². The van der Waals surface area contributed by atoms with Crippen molar-refractivity contribution in [2.24, 2.45) is 0 Å². The Morgan fingerprint density at radius 2 is 1.71 bits per heavy atom. The van der Waals surface area contributed by atoms with Crippen LogP contribution in [0.25, 0.3) is 0 Å². The van der Waals surface area contributed by atoms with Gasteiger partial charge in [-0.2, -0.15) is 4.31 Å². The third kappa shape index (κ3) is 4.64. The van der Waals surface area contributed by atoms with Crippen LogP contribution in [-0.4, -0.2) is 45.5 Å². The molecule has 2 aromatic rings. The van der Waals surface area contributed by atoms with Crippen LogP contribution < -0.4 is 9.64 Å². The number of anilines is 1. The average Bonchev–Trinajstić information content (AvgIpc) is 2.70. The molecule has 2 aromatic carbocycles. The molecule has 0 aliphatic carbocycles. The summed E-state index contributed by atoms with van der Waals surface area (Å²) in [5.41, 5.74) is 1.73. The molecule has 0 atom stereocenters. The molecule has 1 fully saturated rings. The van der Waals surface area contributed by atoms with Crippen LogP contribution in [0.3, 0.4) is 0 Å². The number of piperazine rings is 1. The molecule has 0 unspecified atom stereocenters. The summed E-state index contributed by atoms with van der Waals surface area (Å²) in [6, 6.07) is 11.3. The molecule has 0 saturated carbocycles. The Hall–Kier alpha value is -2.12. The molecule has 0 radical (unpaired) electrons. The fourth-order valence-electron chi connectivity index (χ4n) is 3.26. The summed E-state index contributed by atoms with van der Waals surface area (Å²) in [7, 11) is -3.55. The molecule has 152 valence electrons. The summed E-state index contributed by atoms with van der Waals surface area (Å²) < 4.78 is 46.4. The zero-order chi connectivity index (χ0) is 20.1. The molecule has 1 saturated heterocycles. The minimum atomic E-state index is -3.55. The van der Waals surface area contributed by atoms with Crippen molar-refractivity contribution in [1.29, 1.82) is 0 Å². The van der Waals surface area contributed by atoms with Gasteiger partial charge < -0.3 is 9.64 Å². The predicted molar refractivity (Wildman–Crippen MR) is 109 cm³/mol. The molecule has 0 aromatic heterocycles. The highest BCUT2D eigenvalue weighted by Gasteiger charge is 2.29. The third-order valence-corrected chi connectivity index (χ3v) is 6.86. The number of sulfonamides is 1. The van der Waals surface area contributed by atoms with Gasteiger partial charge in [-0.05, 0) is 61.4 Å². The van der Waals surface area contributed by atoms with Crippen LogP contribution in [-0.2, 0) is 10.0 Å². The zero-order valence-electron chi connectivity index (χ0n) is 16.4. The molecule has 28 heavy (non-hydrogen) atoms. The summed E-state index contributed by atoms with van der Waals surface area (Å²) >= 11 is 0. The molecule has 7 heteroatoms. The number of hydrogen-bond donors (Lipinski definition) is 0. The van der Waals surface area contributed by atoms with Gasteiger partial charge in [0.05, 0.1) is 11.5 Å². The van der Waals surface area contributed by atoms with Crippen molar-refractivity contribution in [2.75, 3.05) is 37.7 Å². The molecular formula is C21H27FN2O3S. The third-order valence-electron chi connectivity index (χ3n) is 4.97. The van der Waals surface area contributed by atoms with Crippen molar-refractivity contribution in [1.82, 2.24) is 4.31 Å². The van der Waals surface area contributed by atoms with Crippen LogP contribution >= 0.6 is 0 Å². The van der Waals surface area contributed by atoms with E-state index in [0.29, 0.717) is 37.7 Å². The van der Waals surface area contributed by atoms with Gasteiger partial charge in [0.25, 0.3) is 0 Å². The summed E-state index contributed by atoms with van der Waals surface area (Å²) in [6.07, 6.45) is 2.02. The number of unbranched alkanes of at least 4 members (excludes halogenated alkanes) is 1. The average molecular weight is 407 g/mol. The van der Waals surface area contributed by atoms with Crippen LogP contribution in [0.4, 0.5) is 10.1 Å². The van der Waals surface area contributed by atoms with Crippen molar-refractivity contribution in [2.45, 2.75) is 31.6 Å². The van der Waals surface area contributed by atoms with E-state index < -0.39 is 10.0 Å². The fourth-order valence-corrected chi connectivity index (χ4v) is 4.77. The molecule has 0 spiro atoms. The normalized spacial score (nSPS) is 15.6. The topological polar surface area (TPSA) is 49.9 Å². The van der Waals surface area contributed by atoms with Crippen molar-refractivity contribution in [3.63, 3.8) is 0 Å². The summed E-state index contributed by atoms with van der Waals surface area (Å²) in [6.45, 7) is 6.54. The monoisotopic (exact) mass is 406 g/mol. The van der Waals surface area contributed by atoms with Crippen LogP contribution in [0.15, 0.2) is 47.4 Å². The van der Waals surface area contributed by atoms with E-state index in [4.69, 9.17) is 4.74 Å². The van der Waals surface area contributed by atoms with Gasteiger partial charge in [-0.3, -0.25) is 0 Å². The predicted octanol–water partition coefficient (Wildman–Crippen LogP) is 3.82. The smallest absolute Gasteiger partial charge is 0.243 e. The highest BCUT2D eigenvalue weighted by atomic mass is 32.2. The molecular weight excluding hydrogens is 379 g/mol. The second kappa shape index (κ2) is 8.92. The van der Waals surface area contributed by atoms with E-state index in [9.17, 15) is 12.8 Å². The number of halogens is 1. The van der Waals surface area contributed by atoms with Gasteiger partial charge in [0.1, 0.15) is 11.6 Å². The second-order valence-corrected chi connectivity index (χ2v) is 8.93. The van der Waals surface area contributed by atoms with E-state index in [1.165, 1.54) is 16.4 Å². The lowest BCUT2D eigenvalue weighted by Gasteiger charge is -2.35. The van der Waals surface area contributed by atoms with Crippen molar-refractivity contribution < 1.29 is 17.5 Å². The summed E-state index contributed by atoms with van der Waals surface area (Å²) in [4.78, 5) is 2.37. The van der Waals surface area contributed by atoms with E-state index in [2.05, 4.69) is 11.8 Å². The zero-order valence-corrected chi connectivity index (χ0v) is 17.2. The number of hydrogen-bond acceptors (Lipinski definition) is 4. The molecule has 1 heterocycles. The Labute approximate surface area is 166 Å². The number of benzene rings is 2. The first kappa shape index (κ1) is 20.6. The van der Waals surface area contributed by atoms with Crippen LogP contribution in [0.2, 0.25) is 0 Å². The first-order valence-corrected chi connectivity index (χ1v) is 11.1. The number of nitrogens with zero attached hydrogens (tertiary/aromatic N) is 2. The van der Waals surface area contributed by atoms with Gasteiger partial charge in [-0.15, -0.1) is 0 Å². The van der Waals surface area contributed by atoms with Crippen molar-refractivity contribution in [3.05, 3.63) is 53.8 Å². The standard InChI is InChI=1S/C21H27FN2O3S/c1-3-4-15-27-21-10-9-20(16-17(21)2)28(25,26)24-13-11-23(12-14-24)19-7-5-18(22)6-8-19/h5-10,16H,3-4,11-15H2,1-2H3. The molecule has 0 N–H and O–H groups in total. The lowest BCUT2D eigenvalue weighted by atomic mass is 10.2. The van der Waals surface area contributed by atoms with Crippen LogP contribution in [0.1, 0.15) is 25.3 Å². The number of ether oxygens (including phenoxy) is 1. The van der Waals surface area contributed by atoms with Crippen LogP contribution in [0.5, 0.6) is 5.75 Å². The fraction of sp³-hybridized carbons (Fsp3) is 0.429. The quantitative estimate of drug-likeness (QED) is 0.656. The Morgan fingerprint density at radius 3 is 2.32 bits per heavy atom. The first-order chi connectivity index (χ1) is 13.4. The maximum atomic E-state index is 13.1. The SMILES string of the molecule is CCCCOc1ccc(S(=O)(=O)N2CCN(c3ccc(F)cc3)CC2)cc1C. The van der Waals surface area contributed by atoms with Gasteiger partial charge in [0.2, 0.25) is 10.0 Å². The first-order valence-electron chi connectivity index (χ1n) is 9.66. The Kier molecular flexibility index (Phi) is 6.57. The van der Waals surface area contributed by atoms with Gasteiger partial charge in [-0.25, -0.2) is 12.8 Å². The van der Waals surface area contributed by atoms with Gasteiger partial charge in [0, 0.05) is 31.9 Å². The Balaban J connectivity index is 1.66. The molecule has 0 bridgehead atoms. The van der Waals surface area contributed by atoms with Gasteiger partial charge in [-0.1, -0.05) is 13.3 Å². The Morgan fingerprint density at radius 1 is 1.04 bits per heavy atom. The molecule has 5 nitrogen and oxygen atoms in total. The Bertz CT molecular complexity index is 892. The van der Waals surface area contributed by atoms with Crippen LogP contribution in [0, 0.1) is 12.7 Å². The number of aryl methyl sites for hydroxylation is 1. The second-order valence-electron chi connectivity index (χ2n) is 7.00. The lowest BCUT2D eigenvalue weighted by Crippen LogP contribution is -2.48. The maximum Gasteiger partial charge on any atom is 0.243 e. The summed E-state index contributed by atoms with van der Waals surface area (Å²) in [5.74, 6) is 0.455. The van der Waals surface area contributed by atoms with Gasteiger partial charge in [0.15, 0.2) is 0 Å². The maximum absolute atomic E-state index is 13.1. The minimum Gasteiger partial charge on any atom is -0.493 e. The largest absolute Gasteiger partial charge is 0.493 e. The molecule has 3 rings (SSSR count). The molecule has 0 amide bonds. The highest BCUT2D eigenvalue weighted by molar-refractivity contribution is 7.89. The minimum absolute atomic E-state index is 0.276. The van der Waals surface area contributed by atoms with Crippen molar-refractivity contribution in [3.8, 4) is 5.75 Å². The highest BCUT2D eigenvalue weighted by Crippen LogP contribution is 2.26. The van der Waals surface area contributed by atoms with E-state index >= 15 is 0 Å². The van der Waals surface area contributed by atoms with Gasteiger partial charge >= 0.3 is 0 Å². The van der Waals surface area contributed by atoms with E-state index in [1.807, 2.05) is 6.92 Å². The van der Waals surface area contributed by atoms with E-state index in [0.717, 1.165) is 29.8 Å². The lowest BCUT2D eigenvalue weighted by molar-refractivity contribution is 0.307. The summed E-state index contributed by atoms with van der Waals surface area (Å²) in [5, 5.41) is 0.